The molecule has 0 aliphatic carbocycles. The Bertz CT molecular complexity index is 709. The zero-order valence-corrected chi connectivity index (χ0v) is 13.6. The Morgan fingerprint density at radius 1 is 1.21 bits per heavy atom. The van der Waals surface area contributed by atoms with Crippen LogP contribution in [0.15, 0.2) is 36.9 Å². The molecule has 0 N–H and O–H groups in total. The van der Waals surface area contributed by atoms with Crippen LogP contribution < -0.4 is 0 Å². The van der Waals surface area contributed by atoms with Crippen molar-refractivity contribution in [1.82, 2.24) is 14.9 Å². The van der Waals surface area contributed by atoms with Gasteiger partial charge in [-0.2, -0.15) is 0 Å². The first-order valence-electron chi connectivity index (χ1n) is 8.06. The van der Waals surface area contributed by atoms with Gasteiger partial charge < -0.3 is 9.64 Å². The van der Waals surface area contributed by atoms with Gasteiger partial charge in [-0.25, -0.2) is 14.4 Å². The van der Waals surface area contributed by atoms with Gasteiger partial charge in [0.1, 0.15) is 12.1 Å². The molecule has 0 radical (unpaired) electrons. The standard InChI is InChI=1S/C18H20FN3O2/c1-24-15-3-2-7-22(8-6-15)18(23)16-5-4-13(9-17(16)19)14-10-20-12-21-11-14/h4-5,9-12,15H,2-3,6-8H2,1H3. The molecule has 1 aromatic heterocycles. The van der Waals surface area contributed by atoms with Crippen LogP contribution in [0, 0.1) is 5.82 Å². The Kier molecular flexibility index (Phi) is 5.15. The van der Waals surface area contributed by atoms with Gasteiger partial charge in [0, 0.05) is 38.2 Å². The molecule has 3 rings (SSSR count). The number of ether oxygens (including phenoxy) is 1. The summed E-state index contributed by atoms with van der Waals surface area (Å²) in [4.78, 5) is 22.2. The van der Waals surface area contributed by atoms with Crippen LogP contribution in [0.4, 0.5) is 4.39 Å². The first kappa shape index (κ1) is 16.5. The molecule has 0 bridgehead atoms. The molecule has 5 nitrogen and oxygen atoms in total. The van der Waals surface area contributed by atoms with Crippen molar-refractivity contribution >= 4 is 5.91 Å². The maximum Gasteiger partial charge on any atom is 0.256 e. The Balaban J connectivity index is 1.78. The lowest BCUT2D eigenvalue weighted by atomic mass is 10.1. The van der Waals surface area contributed by atoms with Crippen LogP contribution in [0.1, 0.15) is 29.6 Å². The van der Waals surface area contributed by atoms with Crippen LogP contribution in [0.25, 0.3) is 11.1 Å². The van der Waals surface area contributed by atoms with Gasteiger partial charge in [-0.15, -0.1) is 0 Å². The monoisotopic (exact) mass is 329 g/mol. The summed E-state index contributed by atoms with van der Waals surface area (Å²) in [5.74, 6) is -0.783. The van der Waals surface area contributed by atoms with E-state index in [4.69, 9.17) is 4.74 Å². The number of methoxy groups -OCH3 is 1. The molecule has 1 unspecified atom stereocenters. The third-order valence-corrected chi connectivity index (χ3v) is 4.39. The molecule has 0 saturated carbocycles. The van der Waals surface area contributed by atoms with Crippen molar-refractivity contribution in [2.24, 2.45) is 0 Å². The Labute approximate surface area is 140 Å². The molecule has 1 atom stereocenters. The fourth-order valence-corrected chi connectivity index (χ4v) is 2.99. The molecule has 24 heavy (non-hydrogen) atoms. The summed E-state index contributed by atoms with van der Waals surface area (Å²) in [7, 11) is 1.69. The summed E-state index contributed by atoms with van der Waals surface area (Å²) < 4.78 is 19.8. The van der Waals surface area contributed by atoms with Gasteiger partial charge in [0.25, 0.3) is 5.91 Å². The number of benzene rings is 1. The Morgan fingerprint density at radius 2 is 2.00 bits per heavy atom. The normalized spacial score (nSPS) is 18.2. The van der Waals surface area contributed by atoms with E-state index < -0.39 is 5.82 Å². The summed E-state index contributed by atoms with van der Waals surface area (Å²) in [6.07, 6.45) is 7.40. The molecule has 1 aliphatic rings. The number of rotatable bonds is 3. The lowest BCUT2D eigenvalue weighted by Crippen LogP contribution is -2.32. The van der Waals surface area contributed by atoms with Gasteiger partial charge in [0.15, 0.2) is 0 Å². The molecule has 2 aromatic rings. The van der Waals surface area contributed by atoms with Crippen LogP contribution in [0.5, 0.6) is 0 Å². The molecule has 1 aromatic carbocycles. The number of carbonyl (C=O) groups excluding carboxylic acids is 1. The second-order valence-electron chi connectivity index (χ2n) is 5.90. The van der Waals surface area contributed by atoms with Gasteiger partial charge in [-0.3, -0.25) is 4.79 Å². The van der Waals surface area contributed by atoms with Crippen LogP contribution in [-0.4, -0.2) is 47.1 Å². The quantitative estimate of drug-likeness (QED) is 0.869. The lowest BCUT2D eigenvalue weighted by molar-refractivity contribution is 0.0719. The number of halogens is 1. The number of carbonyl (C=O) groups is 1. The largest absolute Gasteiger partial charge is 0.381 e. The summed E-state index contributed by atoms with van der Waals surface area (Å²) in [6.45, 7) is 1.22. The smallest absolute Gasteiger partial charge is 0.256 e. The number of aromatic nitrogens is 2. The topological polar surface area (TPSA) is 55.3 Å². The van der Waals surface area contributed by atoms with Gasteiger partial charge in [0.2, 0.25) is 0 Å². The average Bonchev–Trinajstić information content (AvgIpc) is 2.87. The Hall–Kier alpha value is -2.34. The minimum atomic E-state index is -0.520. The first-order chi connectivity index (χ1) is 11.7. The highest BCUT2D eigenvalue weighted by Gasteiger charge is 2.23. The summed E-state index contributed by atoms with van der Waals surface area (Å²) >= 11 is 0. The van der Waals surface area contributed by atoms with E-state index in [0.29, 0.717) is 24.2 Å². The van der Waals surface area contributed by atoms with E-state index in [1.54, 1.807) is 36.5 Å². The minimum Gasteiger partial charge on any atom is -0.381 e. The van der Waals surface area contributed by atoms with E-state index in [2.05, 4.69) is 9.97 Å². The zero-order chi connectivity index (χ0) is 16.9. The van der Waals surface area contributed by atoms with E-state index in [9.17, 15) is 9.18 Å². The number of likely N-dealkylation sites (tertiary alicyclic amines) is 1. The predicted octanol–water partition coefficient (Wildman–Crippen LogP) is 2.92. The van der Waals surface area contributed by atoms with Crippen LogP contribution in [0.3, 0.4) is 0 Å². The van der Waals surface area contributed by atoms with Crippen LogP contribution in [0.2, 0.25) is 0 Å². The van der Waals surface area contributed by atoms with Gasteiger partial charge in [-0.05, 0) is 37.0 Å². The molecule has 1 fully saturated rings. The molecule has 1 aliphatic heterocycles. The van der Waals surface area contributed by atoms with Crippen molar-refractivity contribution in [2.45, 2.75) is 25.4 Å². The molecule has 0 spiro atoms. The highest BCUT2D eigenvalue weighted by Crippen LogP contribution is 2.22. The minimum absolute atomic E-state index is 0.103. The van der Waals surface area contributed by atoms with Gasteiger partial charge >= 0.3 is 0 Å². The van der Waals surface area contributed by atoms with Crippen LogP contribution in [-0.2, 0) is 4.74 Å². The number of nitrogens with zero attached hydrogens (tertiary/aromatic N) is 3. The number of amides is 1. The maximum absolute atomic E-state index is 14.5. The molecular weight excluding hydrogens is 309 g/mol. The fourth-order valence-electron chi connectivity index (χ4n) is 2.99. The lowest BCUT2D eigenvalue weighted by Gasteiger charge is -2.21. The van der Waals surface area contributed by atoms with Crippen molar-refractivity contribution in [3.63, 3.8) is 0 Å². The van der Waals surface area contributed by atoms with Gasteiger partial charge in [-0.1, -0.05) is 6.07 Å². The SMILES string of the molecule is COC1CCCN(C(=O)c2ccc(-c3cncnc3)cc2F)CC1. The molecule has 1 saturated heterocycles. The Morgan fingerprint density at radius 3 is 2.71 bits per heavy atom. The van der Waals surface area contributed by atoms with E-state index >= 15 is 0 Å². The highest BCUT2D eigenvalue weighted by molar-refractivity contribution is 5.95. The summed E-state index contributed by atoms with van der Waals surface area (Å²) in [5.41, 5.74) is 1.47. The van der Waals surface area contributed by atoms with Crippen molar-refractivity contribution in [1.29, 1.82) is 0 Å². The van der Waals surface area contributed by atoms with E-state index in [1.807, 2.05) is 0 Å². The summed E-state index contributed by atoms with van der Waals surface area (Å²) in [5, 5.41) is 0. The molecule has 6 heteroatoms. The fraction of sp³-hybridized carbons (Fsp3) is 0.389. The number of hydrogen-bond donors (Lipinski definition) is 0. The van der Waals surface area contributed by atoms with E-state index in [-0.39, 0.29) is 17.6 Å². The third-order valence-electron chi connectivity index (χ3n) is 4.39. The molecule has 2 heterocycles. The molecule has 126 valence electrons. The molecule has 1 amide bonds. The predicted molar refractivity (Wildman–Crippen MR) is 88.0 cm³/mol. The third kappa shape index (κ3) is 3.59. The second-order valence-corrected chi connectivity index (χ2v) is 5.90. The van der Waals surface area contributed by atoms with Crippen molar-refractivity contribution in [2.75, 3.05) is 20.2 Å². The zero-order valence-electron chi connectivity index (χ0n) is 13.6. The number of hydrogen-bond acceptors (Lipinski definition) is 4. The van der Waals surface area contributed by atoms with Crippen molar-refractivity contribution in [3.8, 4) is 11.1 Å². The summed E-state index contributed by atoms with van der Waals surface area (Å²) in [6, 6.07) is 4.63. The van der Waals surface area contributed by atoms with Gasteiger partial charge in [0.05, 0.1) is 11.7 Å². The van der Waals surface area contributed by atoms with Crippen molar-refractivity contribution < 1.29 is 13.9 Å². The average molecular weight is 329 g/mol. The van der Waals surface area contributed by atoms with E-state index in [0.717, 1.165) is 19.3 Å². The molecular formula is C18H20FN3O2. The van der Waals surface area contributed by atoms with Crippen molar-refractivity contribution in [3.05, 3.63) is 48.3 Å². The first-order valence-corrected chi connectivity index (χ1v) is 8.06. The van der Waals surface area contributed by atoms with Crippen LogP contribution >= 0.6 is 0 Å². The highest BCUT2D eigenvalue weighted by atomic mass is 19.1. The maximum atomic E-state index is 14.5. The van der Waals surface area contributed by atoms with E-state index in [1.165, 1.54) is 12.4 Å². The second kappa shape index (κ2) is 7.49.